The standard InChI is InChI=1S/C20H13Cl2N3O5/c21-13-5-8-15(22)16(10-13)24-18(26)19(27)25-23-11-12-3-6-14(7-4-12)30-20(28)17-2-1-9-29-17/h1-11H,(H,24,26)(H,25,27)/b23-11-. The van der Waals surface area contributed by atoms with Gasteiger partial charge in [-0.15, -0.1) is 0 Å². The molecule has 0 unspecified atom stereocenters. The molecule has 1 heterocycles. The maximum atomic E-state index is 11.9. The van der Waals surface area contributed by atoms with Crippen LogP contribution in [0.2, 0.25) is 10.0 Å². The average Bonchev–Trinajstić information content (AvgIpc) is 3.27. The van der Waals surface area contributed by atoms with Crippen LogP contribution in [0.15, 0.2) is 70.4 Å². The molecule has 1 aromatic heterocycles. The Bertz CT molecular complexity index is 1100. The van der Waals surface area contributed by atoms with Crippen LogP contribution in [0, 0.1) is 0 Å². The van der Waals surface area contributed by atoms with Crippen LogP contribution in [0.25, 0.3) is 0 Å². The van der Waals surface area contributed by atoms with Crippen molar-refractivity contribution in [3.8, 4) is 5.75 Å². The van der Waals surface area contributed by atoms with Gasteiger partial charge in [0.1, 0.15) is 5.75 Å². The number of anilines is 1. The maximum absolute atomic E-state index is 11.9. The first-order chi connectivity index (χ1) is 14.4. The molecule has 2 aromatic carbocycles. The quantitative estimate of drug-likeness (QED) is 0.203. The van der Waals surface area contributed by atoms with E-state index in [-0.39, 0.29) is 16.5 Å². The molecule has 2 amide bonds. The van der Waals surface area contributed by atoms with Gasteiger partial charge in [-0.1, -0.05) is 23.2 Å². The minimum atomic E-state index is -0.994. The largest absolute Gasteiger partial charge is 0.457 e. The lowest BCUT2D eigenvalue weighted by Gasteiger charge is -2.06. The van der Waals surface area contributed by atoms with Crippen LogP contribution in [0.3, 0.4) is 0 Å². The first kappa shape index (κ1) is 21.1. The zero-order chi connectivity index (χ0) is 21.5. The van der Waals surface area contributed by atoms with Gasteiger partial charge < -0.3 is 14.5 Å². The molecule has 0 saturated carbocycles. The van der Waals surface area contributed by atoms with Crippen LogP contribution < -0.4 is 15.5 Å². The number of carbonyl (C=O) groups excluding carboxylic acids is 3. The van der Waals surface area contributed by atoms with Crippen molar-refractivity contribution in [2.24, 2.45) is 5.10 Å². The Morgan fingerprint density at radius 1 is 1.00 bits per heavy atom. The fraction of sp³-hybridized carbons (Fsp3) is 0. The van der Waals surface area contributed by atoms with Crippen molar-refractivity contribution in [2.45, 2.75) is 0 Å². The summed E-state index contributed by atoms with van der Waals surface area (Å²) >= 11 is 11.8. The molecule has 0 aliphatic heterocycles. The van der Waals surface area contributed by atoms with Gasteiger partial charge in [0, 0.05) is 5.02 Å². The zero-order valence-corrected chi connectivity index (χ0v) is 16.6. The van der Waals surface area contributed by atoms with Crippen molar-refractivity contribution < 1.29 is 23.5 Å². The zero-order valence-electron chi connectivity index (χ0n) is 15.1. The van der Waals surface area contributed by atoms with Crippen molar-refractivity contribution >= 4 is 52.9 Å². The summed E-state index contributed by atoms with van der Waals surface area (Å²) in [6.45, 7) is 0. The number of ether oxygens (including phenoxy) is 1. The first-order valence-corrected chi connectivity index (χ1v) is 9.13. The van der Waals surface area contributed by atoms with E-state index in [1.54, 1.807) is 24.3 Å². The van der Waals surface area contributed by atoms with E-state index in [9.17, 15) is 14.4 Å². The second-order valence-corrected chi connectivity index (χ2v) is 6.56. The molecule has 2 N–H and O–H groups in total. The number of hydrazone groups is 1. The van der Waals surface area contributed by atoms with E-state index in [1.807, 2.05) is 0 Å². The molecule has 0 bridgehead atoms. The summed E-state index contributed by atoms with van der Waals surface area (Å²) in [6.07, 6.45) is 2.68. The number of benzene rings is 2. The van der Waals surface area contributed by atoms with Gasteiger partial charge in [-0.05, 0) is 60.2 Å². The fourth-order valence-electron chi connectivity index (χ4n) is 2.16. The first-order valence-electron chi connectivity index (χ1n) is 8.37. The van der Waals surface area contributed by atoms with Crippen LogP contribution in [0.4, 0.5) is 5.69 Å². The number of nitrogens with zero attached hydrogens (tertiary/aromatic N) is 1. The van der Waals surface area contributed by atoms with E-state index < -0.39 is 17.8 Å². The minimum absolute atomic E-state index is 0.0840. The highest BCUT2D eigenvalue weighted by molar-refractivity contribution is 6.42. The predicted molar refractivity (Wildman–Crippen MR) is 111 cm³/mol. The van der Waals surface area contributed by atoms with Crippen LogP contribution in [0.5, 0.6) is 5.75 Å². The molecule has 3 aromatic rings. The molecule has 8 nitrogen and oxygen atoms in total. The van der Waals surface area contributed by atoms with Gasteiger partial charge in [-0.2, -0.15) is 5.10 Å². The lowest BCUT2D eigenvalue weighted by molar-refractivity contribution is -0.136. The summed E-state index contributed by atoms with van der Waals surface area (Å²) in [5.41, 5.74) is 2.89. The van der Waals surface area contributed by atoms with Gasteiger partial charge in [-0.3, -0.25) is 9.59 Å². The molecule has 0 aliphatic rings. The maximum Gasteiger partial charge on any atom is 0.379 e. The highest BCUT2D eigenvalue weighted by Gasteiger charge is 2.15. The van der Waals surface area contributed by atoms with E-state index in [2.05, 4.69) is 15.8 Å². The summed E-state index contributed by atoms with van der Waals surface area (Å²) in [7, 11) is 0. The third kappa shape index (κ3) is 5.69. The van der Waals surface area contributed by atoms with Crippen LogP contribution in [0.1, 0.15) is 16.1 Å². The Hall–Kier alpha value is -3.62. The molecule has 152 valence electrons. The number of carbonyl (C=O) groups is 3. The number of halogens is 2. The van der Waals surface area contributed by atoms with Gasteiger partial charge >= 0.3 is 17.8 Å². The number of esters is 1. The van der Waals surface area contributed by atoms with Crippen molar-refractivity contribution in [3.05, 3.63) is 82.2 Å². The SMILES string of the molecule is O=C(N/N=C\c1ccc(OC(=O)c2ccco2)cc1)C(=O)Nc1cc(Cl)ccc1Cl. The molecule has 3 rings (SSSR count). The van der Waals surface area contributed by atoms with E-state index in [4.69, 9.17) is 32.4 Å². The molecular weight excluding hydrogens is 433 g/mol. The molecule has 0 spiro atoms. The Morgan fingerprint density at radius 3 is 2.47 bits per heavy atom. The van der Waals surface area contributed by atoms with Crippen molar-refractivity contribution in [3.63, 3.8) is 0 Å². The van der Waals surface area contributed by atoms with Crippen molar-refractivity contribution in [1.29, 1.82) is 0 Å². The van der Waals surface area contributed by atoms with Crippen molar-refractivity contribution in [2.75, 3.05) is 5.32 Å². The molecule has 0 fully saturated rings. The second-order valence-electron chi connectivity index (χ2n) is 5.71. The lowest BCUT2D eigenvalue weighted by atomic mass is 10.2. The van der Waals surface area contributed by atoms with Gasteiger partial charge in [0.05, 0.1) is 23.2 Å². The highest BCUT2D eigenvalue weighted by atomic mass is 35.5. The van der Waals surface area contributed by atoms with Gasteiger partial charge in [0.15, 0.2) is 0 Å². The van der Waals surface area contributed by atoms with E-state index in [1.165, 1.54) is 42.8 Å². The predicted octanol–water partition coefficient (Wildman–Crippen LogP) is 3.89. The third-order valence-corrected chi connectivity index (χ3v) is 4.14. The summed E-state index contributed by atoms with van der Waals surface area (Å²) in [5.74, 6) is -2.20. The Morgan fingerprint density at radius 2 is 1.77 bits per heavy atom. The summed E-state index contributed by atoms with van der Waals surface area (Å²) in [6, 6.07) is 13.8. The van der Waals surface area contributed by atoms with Crippen molar-refractivity contribution in [1.82, 2.24) is 5.43 Å². The Balaban J connectivity index is 1.52. The smallest absolute Gasteiger partial charge is 0.379 e. The summed E-state index contributed by atoms with van der Waals surface area (Å²) in [4.78, 5) is 35.5. The molecule has 10 heteroatoms. The number of nitrogens with one attached hydrogen (secondary N) is 2. The summed E-state index contributed by atoms with van der Waals surface area (Å²) < 4.78 is 10.1. The fourth-order valence-corrected chi connectivity index (χ4v) is 2.50. The molecule has 30 heavy (non-hydrogen) atoms. The number of amides is 2. The van der Waals surface area contributed by atoms with Gasteiger partial charge in [0.2, 0.25) is 5.76 Å². The number of furan rings is 1. The molecule has 0 radical (unpaired) electrons. The Labute approximate surface area is 180 Å². The van der Waals surface area contributed by atoms with Crippen LogP contribution >= 0.6 is 23.2 Å². The molecule has 0 saturated heterocycles. The number of rotatable bonds is 5. The normalized spacial score (nSPS) is 10.6. The molecule has 0 atom stereocenters. The van der Waals surface area contributed by atoms with E-state index >= 15 is 0 Å². The number of hydrogen-bond donors (Lipinski definition) is 2. The van der Waals surface area contributed by atoms with Crippen LogP contribution in [-0.4, -0.2) is 24.0 Å². The third-order valence-electron chi connectivity index (χ3n) is 3.58. The Kier molecular flexibility index (Phi) is 6.84. The second kappa shape index (κ2) is 9.73. The highest BCUT2D eigenvalue weighted by Crippen LogP contribution is 2.25. The summed E-state index contributed by atoms with van der Waals surface area (Å²) in [5, 5.41) is 6.63. The van der Waals surface area contributed by atoms with Gasteiger partial charge in [0.25, 0.3) is 0 Å². The molecular formula is C20H13Cl2N3O5. The van der Waals surface area contributed by atoms with E-state index in [0.29, 0.717) is 16.3 Å². The number of hydrogen-bond acceptors (Lipinski definition) is 6. The van der Waals surface area contributed by atoms with Crippen LogP contribution in [-0.2, 0) is 9.59 Å². The van der Waals surface area contributed by atoms with E-state index in [0.717, 1.165) is 0 Å². The van der Waals surface area contributed by atoms with Gasteiger partial charge in [-0.25, -0.2) is 10.2 Å². The minimum Gasteiger partial charge on any atom is -0.457 e. The average molecular weight is 446 g/mol. The molecule has 0 aliphatic carbocycles. The monoisotopic (exact) mass is 445 g/mol. The lowest BCUT2D eigenvalue weighted by Crippen LogP contribution is -2.32. The topological polar surface area (TPSA) is 110 Å².